The molecule has 0 unspecified atom stereocenters. The van der Waals surface area contributed by atoms with Crippen LogP contribution in [0.2, 0.25) is 0 Å². The van der Waals surface area contributed by atoms with Gasteiger partial charge in [0.05, 0.1) is 0 Å². The molecule has 0 bridgehead atoms. The highest BCUT2D eigenvalue weighted by molar-refractivity contribution is 5.88. The van der Waals surface area contributed by atoms with Crippen LogP contribution in [0.25, 0.3) is 10.9 Å². The molecular weight excluding hydrogens is 318 g/mol. The number of H-pyrrole nitrogens is 1. The number of carbonyl (C=O) groups excluding carboxylic acids is 2. The minimum atomic E-state index is -0.745. The smallest absolute Gasteiger partial charge is 0.408 e. The zero-order valence-corrected chi connectivity index (χ0v) is 15.1. The number of hydrogen-bond donors (Lipinski definition) is 3. The van der Waals surface area contributed by atoms with Crippen molar-refractivity contribution in [1.82, 2.24) is 15.6 Å². The summed E-state index contributed by atoms with van der Waals surface area (Å²) in [7, 11) is 0. The molecule has 6 heteroatoms. The molecule has 2 aromatic rings. The molecule has 0 spiro atoms. The number of aromatic amines is 1. The van der Waals surface area contributed by atoms with E-state index >= 15 is 0 Å². The molecule has 3 N–H and O–H groups in total. The van der Waals surface area contributed by atoms with Gasteiger partial charge in [0.15, 0.2) is 0 Å². The Labute approximate surface area is 147 Å². The quantitative estimate of drug-likeness (QED) is 0.779. The van der Waals surface area contributed by atoms with Crippen LogP contribution in [0.15, 0.2) is 42.7 Å². The molecule has 0 aliphatic heterocycles. The Morgan fingerprint density at radius 3 is 2.68 bits per heavy atom. The second-order valence-electron chi connectivity index (χ2n) is 6.77. The maximum Gasteiger partial charge on any atom is 0.408 e. The van der Waals surface area contributed by atoms with Crippen LogP contribution in [-0.2, 0) is 16.0 Å². The van der Waals surface area contributed by atoms with Gasteiger partial charge in [-0.1, -0.05) is 24.3 Å². The molecule has 2 rings (SSSR count). The largest absolute Gasteiger partial charge is 0.444 e. The summed E-state index contributed by atoms with van der Waals surface area (Å²) in [5.41, 5.74) is 1.31. The lowest BCUT2D eigenvalue weighted by Gasteiger charge is -2.23. The predicted molar refractivity (Wildman–Crippen MR) is 98.1 cm³/mol. The van der Waals surface area contributed by atoms with Crippen molar-refractivity contribution in [3.05, 3.63) is 48.3 Å². The summed E-state index contributed by atoms with van der Waals surface area (Å²) in [5.74, 6) is -0.297. The van der Waals surface area contributed by atoms with Gasteiger partial charge in [0, 0.05) is 23.5 Å². The van der Waals surface area contributed by atoms with E-state index in [4.69, 9.17) is 4.74 Å². The molecule has 1 atom stereocenters. The van der Waals surface area contributed by atoms with E-state index in [1.165, 1.54) is 0 Å². The fourth-order valence-corrected chi connectivity index (χ4v) is 2.45. The summed E-state index contributed by atoms with van der Waals surface area (Å²) in [6.07, 6.45) is 4.85. The van der Waals surface area contributed by atoms with Gasteiger partial charge in [0.25, 0.3) is 0 Å². The summed E-state index contributed by atoms with van der Waals surface area (Å²) in [6.45, 7) is 7.14. The maximum absolute atomic E-state index is 12.4. The molecule has 1 aromatic heterocycles. The number of alkyl carbamates (subject to hydrolysis) is 1. The van der Waals surface area contributed by atoms with Crippen molar-refractivity contribution < 1.29 is 14.3 Å². The Morgan fingerprint density at radius 2 is 2.00 bits per heavy atom. The molecule has 2 amide bonds. The molecule has 0 fully saturated rings. The van der Waals surface area contributed by atoms with E-state index in [0.717, 1.165) is 16.5 Å². The molecular formula is C19H25N3O3. The second kappa shape index (κ2) is 7.88. The van der Waals surface area contributed by atoms with Crippen molar-refractivity contribution in [2.24, 2.45) is 0 Å². The monoisotopic (exact) mass is 343 g/mol. The first-order valence-electron chi connectivity index (χ1n) is 8.26. The number of para-hydroxylation sites is 1. The van der Waals surface area contributed by atoms with E-state index in [1.54, 1.807) is 40.0 Å². The average molecular weight is 343 g/mol. The number of nitrogens with one attached hydrogen (secondary N) is 3. The van der Waals surface area contributed by atoms with E-state index < -0.39 is 17.7 Å². The average Bonchev–Trinajstić information content (AvgIpc) is 2.93. The molecule has 0 aliphatic carbocycles. The van der Waals surface area contributed by atoms with Crippen molar-refractivity contribution in [3.8, 4) is 0 Å². The van der Waals surface area contributed by atoms with Gasteiger partial charge in [-0.05, 0) is 45.5 Å². The lowest BCUT2D eigenvalue weighted by atomic mass is 10.0. The van der Waals surface area contributed by atoms with Crippen molar-refractivity contribution >= 4 is 22.9 Å². The van der Waals surface area contributed by atoms with Crippen molar-refractivity contribution in [3.63, 3.8) is 0 Å². The van der Waals surface area contributed by atoms with Crippen molar-refractivity contribution in [2.75, 3.05) is 0 Å². The van der Waals surface area contributed by atoms with Crippen LogP contribution in [-0.4, -0.2) is 28.6 Å². The first-order valence-corrected chi connectivity index (χ1v) is 8.26. The number of rotatable bonds is 5. The van der Waals surface area contributed by atoms with Crippen molar-refractivity contribution in [1.29, 1.82) is 0 Å². The minimum absolute atomic E-state index is 0.297. The third-order valence-electron chi connectivity index (χ3n) is 3.50. The summed E-state index contributed by atoms with van der Waals surface area (Å²) < 4.78 is 5.27. The number of ether oxygens (including phenoxy) is 1. The van der Waals surface area contributed by atoms with Gasteiger partial charge in [0.2, 0.25) is 5.91 Å². The summed E-state index contributed by atoms with van der Waals surface area (Å²) in [5, 5.41) is 6.35. The Bertz CT molecular complexity index is 772. The fraction of sp³-hybridized carbons (Fsp3) is 0.368. The van der Waals surface area contributed by atoms with Crippen LogP contribution in [0.1, 0.15) is 33.3 Å². The number of aromatic nitrogens is 1. The summed E-state index contributed by atoms with van der Waals surface area (Å²) in [6, 6.07) is 7.09. The van der Waals surface area contributed by atoms with E-state index in [2.05, 4.69) is 15.6 Å². The van der Waals surface area contributed by atoms with Gasteiger partial charge >= 0.3 is 6.09 Å². The van der Waals surface area contributed by atoms with Crippen molar-refractivity contribution in [2.45, 2.75) is 45.8 Å². The topological polar surface area (TPSA) is 83.2 Å². The van der Waals surface area contributed by atoms with Crippen LogP contribution in [0.5, 0.6) is 0 Å². The lowest BCUT2D eigenvalue weighted by Crippen LogP contribution is -2.48. The molecule has 25 heavy (non-hydrogen) atoms. The van der Waals surface area contributed by atoms with Gasteiger partial charge < -0.3 is 20.4 Å². The minimum Gasteiger partial charge on any atom is -0.444 e. The number of allylic oxidation sites excluding steroid dienone is 1. The standard InChI is InChI=1S/C19H25N3O3/c1-5-10-20-17(23)16(22-18(24)25-19(2,3)4)11-13-12-21-15-9-7-6-8-14(13)15/h5-10,12,16,21H,11H2,1-4H3,(H,20,23)(H,22,24)/b10-5-/t16-/m0/s1. The lowest BCUT2D eigenvalue weighted by molar-refractivity contribution is -0.122. The number of amides is 2. The number of fused-ring (bicyclic) bond motifs is 1. The van der Waals surface area contributed by atoms with E-state index in [1.807, 2.05) is 30.5 Å². The SMILES string of the molecule is C/C=C\NC(=O)[C@H](Cc1c[nH]c2ccccc12)NC(=O)OC(C)(C)C. The highest BCUT2D eigenvalue weighted by atomic mass is 16.6. The van der Waals surface area contributed by atoms with Crippen LogP contribution in [0.3, 0.4) is 0 Å². The highest BCUT2D eigenvalue weighted by Crippen LogP contribution is 2.19. The zero-order chi connectivity index (χ0) is 18.4. The number of carbonyl (C=O) groups is 2. The normalized spacial score (nSPS) is 13.0. The summed E-state index contributed by atoms with van der Waals surface area (Å²) in [4.78, 5) is 27.7. The van der Waals surface area contributed by atoms with Gasteiger partial charge in [-0.3, -0.25) is 4.79 Å². The van der Waals surface area contributed by atoms with Crippen LogP contribution in [0.4, 0.5) is 4.79 Å². The molecule has 1 heterocycles. The third kappa shape index (κ3) is 5.38. The Morgan fingerprint density at radius 1 is 1.28 bits per heavy atom. The van der Waals surface area contributed by atoms with Crippen LogP contribution < -0.4 is 10.6 Å². The van der Waals surface area contributed by atoms with Crippen LogP contribution >= 0.6 is 0 Å². The molecule has 0 radical (unpaired) electrons. The van der Waals surface area contributed by atoms with E-state index in [0.29, 0.717) is 6.42 Å². The zero-order valence-electron chi connectivity index (χ0n) is 15.1. The molecule has 6 nitrogen and oxygen atoms in total. The van der Waals surface area contributed by atoms with Gasteiger partial charge in [-0.15, -0.1) is 0 Å². The van der Waals surface area contributed by atoms with Gasteiger partial charge in [-0.2, -0.15) is 0 Å². The Balaban J connectivity index is 2.19. The molecule has 0 saturated carbocycles. The first-order chi connectivity index (χ1) is 11.8. The van der Waals surface area contributed by atoms with Crippen LogP contribution in [0, 0.1) is 0 Å². The number of benzene rings is 1. The molecule has 1 aromatic carbocycles. The van der Waals surface area contributed by atoms with E-state index in [-0.39, 0.29) is 5.91 Å². The molecule has 134 valence electrons. The maximum atomic E-state index is 12.4. The second-order valence-corrected chi connectivity index (χ2v) is 6.77. The molecule has 0 saturated heterocycles. The Hall–Kier alpha value is -2.76. The Kier molecular flexibility index (Phi) is 5.85. The predicted octanol–water partition coefficient (Wildman–Crippen LogP) is 3.25. The van der Waals surface area contributed by atoms with E-state index in [9.17, 15) is 9.59 Å². The third-order valence-corrected chi connectivity index (χ3v) is 3.50. The number of hydrogen-bond acceptors (Lipinski definition) is 3. The summed E-state index contributed by atoms with van der Waals surface area (Å²) >= 11 is 0. The highest BCUT2D eigenvalue weighted by Gasteiger charge is 2.25. The van der Waals surface area contributed by atoms with Gasteiger partial charge in [-0.25, -0.2) is 4.79 Å². The fourth-order valence-electron chi connectivity index (χ4n) is 2.45. The molecule has 0 aliphatic rings. The first kappa shape index (κ1) is 18.6. The van der Waals surface area contributed by atoms with Gasteiger partial charge in [0.1, 0.15) is 11.6 Å².